The van der Waals surface area contributed by atoms with Gasteiger partial charge in [-0.25, -0.2) is 0 Å². The molecule has 0 saturated carbocycles. The predicted molar refractivity (Wildman–Crippen MR) is 83.8 cm³/mol. The molecule has 0 spiro atoms. The molecule has 5 heteroatoms. The maximum absolute atomic E-state index is 11.8. The summed E-state index contributed by atoms with van der Waals surface area (Å²) < 4.78 is 0. The molecule has 0 aliphatic rings. The van der Waals surface area contributed by atoms with Crippen molar-refractivity contribution in [3.05, 3.63) is 47.7 Å². The van der Waals surface area contributed by atoms with Crippen molar-refractivity contribution in [2.75, 3.05) is 11.1 Å². The van der Waals surface area contributed by atoms with Crippen LogP contribution in [0.25, 0.3) is 0 Å². The van der Waals surface area contributed by atoms with E-state index < -0.39 is 0 Å². The maximum atomic E-state index is 11.8. The minimum absolute atomic E-state index is 0.0134. The van der Waals surface area contributed by atoms with Gasteiger partial charge in [0.15, 0.2) is 5.82 Å². The molecule has 0 atom stereocenters. The van der Waals surface area contributed by atoms with Crippen LogP contribution in [0.3, 0.4) is 0 Å². The maximum Gasteiger partial charge on any atom is 0.235 e. The monoisotopic (exact) mass is 289 g/mol. The summed E-state index contributed by atoms with van der Waals surface area (Å²) in [6.45, 7) is 2.11. The van der Waals surface area contributed by atoms with Crippen LogP contribution in [0.4, 0.5) is 5.82 Å². The molecule has 1 aromatic carbocycles. The molecule has 20 heavy (non-hydrogen) atoms. The number of H-pyrrole nitrogens is 1. The van der Waals surface area contributed by atoms with Gasteiger partial charge >= 0.3 is 0 Å². The van der Waals surface area contributed by atoms with Gasteiger partial charge in [-0.2, -0.15) is 5.10 Å². The number of carbonyl (C=O) groups excluding carboxylic acids is 1. The minimum atomic E-state index is -0.0134. The molecule has 0 radical (unpaired) electrons. The van der Waals surface area contributed by atoms with Crippen molar-refractivity contribution in [3.8, 4) is 0 Å². The third kappa shape index (κ3) is 4.74. The fourth-order valence-corrected chi connectivity index (χ4v) is 2.63. The van der Waals surface area contributed by atoms with Crippen molar-refractivity contribution in [1.29, 1.82) is 0 Å². The lowest BCUT2D eigenvalue weighted by molar-refractivity contribution is -0.113. The normalized spacial score (nSPS) is 10.4. The molecule has 1 amide bonds. The molecule has 2 rings (SSSR count). The summed E-state index contributed by atoms with van der Waals surface area (Å²) >= 11 is 1.60. The molecule has 106 valence electrons. The Morgan fingerprint density at radius 2 is 2.15 bits per heavy atom. The molecule has 0 fully saturated rings. The van der Waals surface area contributed by atoms with Crippen LogP contribution in [-0.4, -0.2) is 21.9 Å². The van der Waals surface area contributed by atoms with Crippen molar-refractivity contribution in [2.45, 2.75) is 25.5 Å². The molecular formula is C15H19N3OS. The van der Waals surface area contributed by atoms with Crippen molar-refractivity contribution in [3.63, 3.8) is 0 Å². The number of hydrogen-bond acceptors (Lipinski definition) is 3. The van der Waals surface area contributed by atoms with Gasteiger partial charge in [0, 0.05) is 17.5 Å². The van der Waals surface area contributed by atoms with Gasteiger partial charge in [-0.1, -0.05) is 43.7 Å². The first-order valence-electron chi connectivity index (χ1n) is 6.73. The largest absolute Gasteiger partial charge is 0.308 e. The lowest BCUT2D eigenvalue weighted by Gasteiger charge is -2.02. The summed E-state index contributed by atoms with van der Waals surface area (Å²) in [7, 11) is 0. The van der Waals surface area contributed by atoms with E-state index in [-0.39, 0.29) is 5.91 Å². The fraction of sp³-hybridized carbons (Fsp3) is 0.333. The molecule has 0 saturated heterocycles. The smallest absolute Gasteiger partial charge is 0.235 e. The van der Waals surface area contributed by atoms with Crippen LogP contribution in [0, 0.1) is 0 Å². The van der Waals surface area contributed by atoms with Gasteiger partial charge < -0.3 is 5.32 Å². The highest BCUT2D eigenvalue weighted by molar-refractivity contribution is 7.99. The highest BCUT2D eigenvalue weighted by Crippen LogP contribution is 2.13. The Kier molecular flexibility index (Phi) is 5.68. The second-order valence-electron chi connectivity index (χ2n) is 4.55. The van der Waals surface area contributed by atoms with E-state index in [4.69, 9.17) is 0 Å². The van der Waals surface area contributed by atoms with Crippen LogP contribution >= 0.6 is 11.8 Å². The van der Waals surface area contributed by atoms with Crippen LogP contribution < -0.4 is 5.32 Å². The molecular weight excluding hydrogens is 270 g/mol. The van der Waals surface area contributed by atoms with Gasteiger partial charge in [0.2, 0.25) is 5.91 Å². The van der Waals surface area contributed by atoms with Crippen LogP contribution in [0.5, 0.6) is 0 Å². The third-order valence-corrected chi connectivity index (χ3v) is 3.77. The first-order valence-corrected chi connectivity index (χ1v) is 7.89. The summed E-state index contributed by atoms with van der Waals surface area (Å²) in [5.41, 5.74) is 2.29. The molecule has 1 aromatic heterocycles. The van der Waals surface area contributed by atoms with Crippen LogP contribution in [0.2, 0.25) is 0 Å². The zero-order valence-electron chi connectivity index (χ0n) is 11.6. The fourth-order valence-electron chi connectivity index (χ4n) is 1.84. The Morgan fingerprint density at radius 3 is 2.90 bits per heavy atom. The minimum Gasteiger partial charge on any atom is -0.308 e. The number of nitrogens with zero attached hydrogens (tertiary/aromatic N) is 1. The molecule has 4 nitrogen and oxygen atoms in total. The third-order valence-electron chi connectivity index (χ3n) is 2.76. The Labute approximate surface area is 123 Å². The number of anilines is 1. The van der Waals surface area contributed by atoms with Crippen molar-refractivity contribution >= 4 is 23.5 Å². The van der Waals surface area contributed by atoms with E-state index in [9.17, 15) is 4.79 Å². The summed E-state index contributed by atoms with van der Waals surface area (Å²) in [6, 6.07) is 12.0. The lowest BCUT2D eigenvalue weighted by atomic mass is 10.2. The zero-order valence-corrected chi connectivity index (χ0v) is 12.4. The summed E-state index contributed by atoms with van der Waals surface area (Å²) in [5.74, 6) is 1.88. The lowest BCUT2D eigenvalue weighted by Crippen LogP contribution is -2.14. The van der Waals surface area contributed by atoms with E-state index >= 15 is 0 Å². The van der Waals surface area contributed by atoms with E-state index in [0.29, 0.717) is 11.6 Å². The van der Waals surface area contributed by atoms with E-state index in [1.165, 1.54) is 5.56 Å². The SMILES string of the molecule is CCCc1cc(NC(=O)CSCc2ccccc2)n[nH]1. The van der Waals surface area contributed by atoms with Gasteiger partial charge in [-0.3, -0.25) is 9.89 Å². The van der Waals surface area contributed by atoms with E-state index in [2.05, 4.69) is 34.6 Å². The molecule has 1 heterocycles. The Balaban J connectivity index is 1.72. The molecule has 0 unspecified atom stereocenters. The average molecular weight is 289 g/mol. The zero-order chi connectivity index (χ0) is 14.2. The number of aromatic nitrogens is 2. The van der Waals surface area contributed by atoms with Gasteiger partial charge in [0.05, 0.1) is 5.75 Å². The second-order valence-corrected chi connectivity index (χ2v) is 5.54. The second kappa shape index (κ2) is 7.75. The highest BCUT2D eigenvalue weighted by atomic mass is 32.2. The van der Waals surface area contributed by atoms with E-state index in [1.807, 2.05) is 24.3 Å². The standard InChI is InChI=1S/C15H19N3OS/c1-2-6-13-9-14(18-17-13)16-15(19)11-20-10-12-7-4-3-5-8-12/h3-5,7-9H,2,6,10-11H2,1H3,(H2,16,17,18,19). The van der Waals surface area contributed by atoms with Gasteiger partial charge in [-0.05, 0) is 12.0 Å². The molecule has 0 aliphatic heterocycles. The molecule has 2 aromatic rings. The first-order chi connectivity index (χ1) is 9.78. The molecule has 0 aliphatic carbocycles. The summed E-state index contributed by atoms with van der Waals surface area (Å²) in [6.07, 6.45) is 2.01. The van der Waals surface area contributed by atoms with Crippen molar-refractivity contribution in [2.24, 2.45) is 0 Å². The average Bonchev–Trinajstić information content (AvgIpc) is 2.88. The van der Waals surface area contributed by atoms with Crippen LogP contribution in [0.1, 0.15) is 24.6 Å². The Bertz CT molecular complexity index is 539. The summed E-state index contributed by atoms with van der Waals surface area (Å²) in [5, 5.41) is 9.80. The number of thioether (sulfide) groups is 1. The molecule has 0 bridgehead atoms. The van der Waals surface area contributed by atoms with E-state index in [0.717, 1.165) is 24.3 Å². The number of hydrogen-bond donors (Lipinski definition) is 2. The highest BCUT2D eigenvalue weighted by Gasteiger charge is 2.06. The van der Waals surface area contributed by atoms with Crippen LogP contribution in [-0.2, 0) is 17.0 Å². The quantitative estimate of drug-likeness (QED) is 0.822. The first kappa shape index (κ1) is 14.7. The predicted octanol–water partition coefficient (Wildman–Crippen LogP) is 3.23. The Hall–Kier alpha value is -1.75. The van der Waals surface area contributed by atoms with Gasteiger partial charge in [0.1, 0.15) is 0 Å². The number of benzene rings is 1. The number of rotatable bonds is 7. The van der Waals surface area contributed by atoms with E-state index in [1.54, 1.807) is 11.8 Å². The number of aromatic amines is 1. The molecule has 2 N–H and O–H groups in total. The van der Waals surface area contributed by atoms with Gasteiger partial charge in [0.25, 0.3) is 0 Å². The van der Waals surface area contributed by atoms with Gasteiger partial charge in [-0.15, -0.1) is 11.8 Å². The van der Waals surface area contributed by atoms with Crippen molar-refractivity contribution in [1.82, 2.24) is 10.2 Å². The Morgan fingerprint density at radius 1 is 1.35 bits per heavy atom. The number of nitrogens with one attached hydrogen (secondary N) is 2. The topological polar surface area (TPSA) is 57.8 Å². The number of aryl methyl sites for hydroxylation is 1. The van der Waals surface area contributed by atoms with Crippen molar-refractivity contribution < 1.29 is 4.79 Å². The summed E-state index contributed by atoms with van der Waals surface area (Å²) in [4.78, 5) is 11.8. The number of carbonyl (C=O) groups is 1. The van der Waals surface area contributed by atoms with Crippen LogP contribution in [0.15, 0.2) is 36.4 Å². The number of amides is 1.